The van der Waals surface area contributed by atoms with Gasteiger partial charge in [0.2, 0.25) is 0 Å². The van der Waals surface area contributed by atoms with Crippen molar-refractivity contribution >= 4 is 16.9 Å². The van der Waals surface area contributed by atoms with Gasteiger partial charge in [-0.2, -0.15) is 0 Å². The number of carbonyl (C=O) groups is 1. The van der Waals surface area contributed by atoms with Crippen molar-refractivity contribution in [1.29, 1.82) is 0 Å². The van der Waals surface area contributed by atoms with Gasteiger partial charge in [0, 0.05) is 23.5 Å². The summed E-state index contributed by atoms with van der Waals surface area (Å²) in [6.07, 6.45) is 1.83. The van der Waals surface area contributed by atoms with Crippen molar-refractivity contribution in [2.24, 2.45) is 5.73 Å². The first kappa shape index (κ1) is 10.5. The van der Waals surface area contributed by atoms with Crippen molar-refractivity contribution < 1.29 is 15.0 Å². The minimum atomic E-state index is -1.08. The average Bonchev–Trinajstić information content (AvgIpc) is 2.70. The Morgan fingerprint density at radius 3 is 2.88 bits per heavy atom. The van der Waals surface area contributed by atoms with Gasteiger partial charge in [-0.1, -0.05) is 6.07 Å². The van der Waals surface area contributed by atoms with Gasteiger partial charge in [0.05, 0.1) is 0 Å². The van der Waals surface area contributed by atoms with Crippen molar-refractivity contribution in [3.05, 3.63) is 30.0 Å². The Morgan fingerprint density at radius 2 is 2.19 bits per heavy atom. The zero-order valence-electron chi connectivity index (χ0n) is 8.47. The highest BCUT2D eigenvalue weighted by molar-refractivity contribution is 5.87. The number of aromatic amines is 1. The van der Waals surface area contributed by atoms with Crippen LogP contribution in [0.25, 0.3) is 10.9 Å². The third-order valence-corrected chi connectivity index (χ3v) is 2.55. The number of carboxylic acids is 1. The van der Waals surface area contributed by atoms with E-state index in [1.54, 1.807) is 24.4 Å². The second-order valence-electron chi connectivity index (χ2n) is 3.66. The first-order valence-electron chi connectivity index (χ1n) is 4.86. The van der Waals surface area contributed by atoms with E-state index < -0.39 is 12.0 Å². The largest absolute Gasteiger partial charge is 0.507 e. The number of H-pyrrole nitrogens is 1. The summed E-state index contributed by atoms with van der Waals surface area (Å²) in [4.78, 5) is 13.6. The fourth-order valence-electron chi connectivity index (χ4n) is 1.65. The smallest absolute Gasteiger partial charge is 0.320 e. The molecular weight excluding hydrogens is 208 g/mol. The van der Waals surface area contributed by atoms with Crippen molar-refractivity contribution in [3.63, 3.8) is 0 Å². The summed E-state index contributed by atoms with van der Waals surface area (Å²) in [5, 5.41) is 19.3. The van der Waals surface area contributed by atoms with Gasteiger partial charge >= 0.3 is 5.97 Å². The Labute approximate surface area is 91.5 Å². The van der Waals surface area contributed by atoms with E-state index in [-0.39, 0.29) is 12.2 Å². The molecule has 1 heterocycles. The van der Waals surface area contributed by atoms with Crippen LogP contribution in [0.3, 0.4) is 0 Å². The summed E-state index contributed by atoms with van der Waals surface area (Å²) in [5.41, 5.74) is 6.77. The lowest BCUT2D eigenvalue weighted by molar-refractivity contribution is -0.138. The molecule has 2 rings (SSSR count). The van der Waals surface area contributed by atoms with Crippen LogP contribution in [-0.2, 0) is 11.2 Å². The molecule has 0 fully saturated rings. The van der Waals surface area contributed by atoms with Crippen molar-refractivity contribution in [1.82, 2.24) is 4.98 Å². The number of aromatic nitrogens is 1. The van der Waals surface area contributed by atoms with Crippen LogP contribution in [-0.4, -0.2) is 27.2 Å². The van der Waals surface area contributed by atoms with Crippen LogP contribution >= 0.6 is 0 Å². The summed E-state index contributed by atoms with van der Waals surface area (Å²) in [7, 11) is 0. The highest BCUT2D eigenvalue weighted by Gasteiger charge is 2.15. The average molecular weight is 220 g/mol. The molecule has 0 saturated carbocycles. The van der Waals surface area contributed by atoms with Gasteiger partial charge in [0.25, 0.3) is 0 Å². The van der Waals surface area contributed by atoms with Crippen LogP contribution in [0.5, 0.6) is 5.75 Å². The molecule has 16 heavy (non-hydrogen) atoms. The standard InChI is InChI=1S/C11H12N2O3/c12-8(11(15)16)5-6-1-2-9-7(10(6)14)3-4-13-9/h1-4,8,13-14H,5,12H2,(H,15,16). The molecule has 0 radical (unpaired) electrons. The molecule has 0 aliphatic heterocycles. The number of aliphatic carboxylic acids is 1. The van der Waals surface area contributed by atoms with Crippen molar-refractivity contribution in [2.45, 2.75) is 12.5 Å². The number of benzene rings is 1. The molecule has 5 heteroatoms. The minimum absolute atomic E-state index is 0.0930. The third kappa shape index (κ3) is 1.72. The Kier molecular flexibility index (Phi) is 2.54. The first-order chi connectivity index (χ1) is 7.59. The number of phenolic OH excluding ortho intramolecular Hbond substituents is 1. The zero-order valence-corrected chi connectivity index (χ0v) is 8.47. The highest BCUT2D eigenvalue weighted by atomic mass is 16.4. The molecule has 1 aromatic carbocycles. The number of nitrogens with two attached hydrogens (primary N) is 1. The van der Waals surface area contributed by atoms with Gasteiger partial charge in [0.1, 0.15) is 11.8 Å². The maximum absolute atomic E-state index is 10.6. The van der Waals surface area contributed by atoms with E-state index in [1.807, 2.05) is 0 Å². The van der Waals surface area contributed by atoms with Crippen LogP contribution in [0, 0.1) is 0 Å². The molecule has 0 aliphatic rings. The third-order valence-electron chi connectivity index (χ3n) is 2.55. The number of hydrogen-bond acceptors (Lipinski definition) is 3. The second-order valence-corrected chi connectivity index (χ2v) is 3.66. The maximum atomic E-state index is 10.6. The number of aromatic hydroxyl groups is 1. The number of rotatable bonds is 3. The van der Waals surface area contributed by atoms with Crippen molar-refractivity contribution in [2.75, 3.05) is 0 Å². The maximum Gasteiger partial charge on any atom is 0.320 e. The molecule has 84 valence electrons. The molecule has 1 aromatic heterocycles. The molecule has 0 aliphatic carbocycles. The summed E-state index contributed by atoms with van der Waals surface area (Å²) >= 11 is 0. The molecule has 2 aromatic rings. The van der Waals surface area contributed by atoms with Gasteiger partial charge < -0.3 is 20.9 Å². The lowest BCUT2D eigenvalue weighted by atomic mass is 10.0. The summed E-state index contributed by atoms with van der Waals surface area (Å²) < 4.78 is 0. The number of fused-ring (bicyclic) bond motifs is 1. The summed E-state index contributed by atoms with van der Waals surface area (Å²) in [6.45, 7) is 0. The molecule has 5 nitrogen and oxygen atoms in total. The number of carboxylic acid groups (broad SMARTS) is 1. The van der Waals surface area contributed by atoms with Crippen LogP contribution < -0.4 is 5.73 Å². The Bertz CT molecular complexity index is 533. The fraction of sp³-hybridized carbons (Fsp3) is 0.182. The normalized spacial score (nSPS) is 12.8. The minimum Gasteiger partial charge on any atom is -0.507 e. The van der Waals surface area contributed by atoms with Gasteiger partial charge in [-0.3, -0.25) is 4.79 Å². The Balaban J connectivity index is 2.37. The zero-order chi connectivity index (χ0) is 11.7. The van der Waals surface area contributed by atoms with Gasteiger partial charge in [-0.25, -0.2) is 0 Å². The fourth-order valence-corrected chi connectivity index (χ4v) is 1.65. The van der Waals surface area contributed by atoms with Crippen LogP contribution in [0.15, 0.2) is 24.4 Å². The van der Waals surface area contributed by atoms with Crippen LogP contribution in [0.4, 0.5) is 0 Å². The van der Waals surface area contributed by atoms with E-state index in [0.717, 1.165) is 5.52 Å². The molecule has 0 amide bonds. The van der Waals surface area contributed by atoms with E-state index in [0.29, 0.717) is 10.9 Å². The highest BCUT2D eigenvalue weighted by Crippen LogP contribution is 2.28. The number of hydrogen-bond donors (Lipinski definition) is 4. The topological polar surface area (TPSA) is 99.3 Å². The Hall–Kier alpha value is -2.01. The second kappa shape index (κ2) is 3.86. The molecule has 0 bridgehead atoms. The molecular formula is C11H12N2O3. The molecule has 0 saturated heterocycles. The summed E-state index contributed by atoms with van der Waals surface area (Å²) in [5.74, 6) is -0.982. The van der Waals surface area contributed by atoms with Gasteiger partial charge in [0.15, 0.2) is 0 Å². The SMILES string of the molecule is NC(Cc1ccc2[nH]ccc2c1O)C(=O)O. The van der Waals surface area contributed by atoms with E-state index >= 15 is 0 Å². The monoisotopic (exact) mass is 220 g/mol. The van der Waals surface area contributed by atoms with E-state index in [2.05, 4.69) is 4.98 Å². The van der Waals surface area contributed by atoms with E-state index in [4.69, 9.17) is 10.8 Å². The molecule has 0 spiro atoms. The first-order valence-corrected chi connectivity index (χ1v) is 4.86. The number of phenols is 1. The predicted molar refractivity (Wildman–Crippen MR) is 59.3 cm³/mol. The summed E-state index contributed by atoms with van der Waals surface area (Å²) in [6, 6.07) is 4.21. The van der Waals surface area contributed by atoms with E-state index in [1.165, 1.54) is 0 Å². The van der Waals surface area contributed by atoms with Crippen LogP contribution in [0.2, 0.25) is 0 Å². The molecule has 5 N–H and O–H groups in total. The van der Waals surface area contributed by atoms with Crippen LogP contribution in [0.1, 0.15) is 5.56 Å². The number of nitrogens with one attached hydrogen (secondary N) is 1. The van der Waals surface area contributed by atoms with E-state index in [9.17, 15) is 9.90 Å². The quantitative estimate of drug-likeness (QED) is 0.615. The van der Waals surface area contributed by atoms with Crippen molar-refractivity contribution in [3.8, 4) is 5.75 Å². The molecule has 1 atom stereocenters. The Morgan fingerprint density at radius 1 is 1.44 bits per heavy atom. The lowest BCUT2D eigenvalue weighted by Gasteiger charge is -2.08. The molecule has 1 unspecified atom stereocenters. The lowest BCUT2D eigenvalue weighted by Crippen LogP contribution is -2.32. The van der Waals surface area contributed by atoms with Gasteiger partial charge in [-0.05, 0) is 17.7 Å². The van der Waals surface area contributed by atoms with Gasteiger partial charge in [-0.15, -0.1) is 0 Å². The predicted octanol–water partition coefficient (Wildman–Crippen LogP) is 0.828.